The molecule has 0 unspecified atom stereocenters. The molecule has 0 radical (unpaired) electrons. The van der Waals surface area contributed by atoms with E-state index in [1.54, 1.807) is 14.0 Å². The number of hydrogen-bond acceptors (Lipinski definition) is 8. The predicted octanol–water partition coefficient (Wildman–Crippen LogP) is 2.29. The molecule has 0 aliphatic heterocycles. The van der Waals surface area contributed by atoms with Gasteiger partial charge >= 0.3 is 0 Å². The smallest absolute Gasteiger partial charge is 0.243 e. The zero-order valence-corrected chi connectivity index (χ0v) is 13.1. The lowest BCUT2D eigenvalue weighted by molar-refractivity contribution is 0.331. The fraction of sp³-hybridized carbons (Fsp3) is 0.333. The monoisotopic (exact) mass is 315 g/mol. The molecule has 0 aliphatic rings. The van der Waals surface area contributed by atoms with E-state index in [0.29, 0.717) is 30.0 Å². The molecule has 8 heteroatoms. The summed E-state index contributed by atoms with van der Waals surface area (Å²) in [4.78, 5) is 4.41. The van der Waals surface area contributed by atoms with Gasteiger partial charge in [0.25, 0.3) is 0 Å². The summed E-state index contributed by atoms with van der Waals surface area (Å²) in [7, 11) is 1.62. The van der Waals surface area contributed by atoms with Crippen molar-refractivity contribution < 1.29 is 13.7 Å². The standard InChI is InChI=1S/C15H17N5O3/c1-9(16-8-13-19-18-10(2)22-13)15-17-14(20-23-15)11-5-4-6-12(7-11)21-3/h4-7,9,16H,8H2,1-3H3/t9-/m0/s1. The van der Waals surface area contributed by atoms with E-state index in [1.807, 2.05) is 31.2 Å². The third kappa shape index (κ3) is 3.54. The van der Waals surface area contributed by atoms with Crippen LogP contribution < -0.4 is 10.1 Å². The zero-order chi connectivity index (χ0) is 16.2. The lowest BCUT2D eigenvalue weighted by Crippen LogP contribution is -2.18. The van der Waals surface area contributed by atoms with Gasteiger partial charge in [-0.05, 0) is 19.1 Å². The Hall–Kier alpha value is -2.74. The molecule has 2 aromatic heterocycles. The fourth-order valence-corrected chi connectivity index (χ4v) is 2.03. The molecule has 3 aromatic rings. The molecule has 0 amide bonds. The number of aryl methyl sites for hydroxylation is 1. The molecule has 0 aliphatic carbocycles. The van der Waals surface area contributed by atoms with Crippen molar-refractivity contribution in [2.45, 2.75) is 26.4 Å². The Kier molecular flexibility index (Phi) is 4.33. The summed E-state index contributed by atoms with van der Waals surface area (Å²) < 4.78 is 15.8. The Balaban J connectivity index is 1.68. The fourth-order valence-electron chi connectivity index (χ4n) is 2.03. The van der Waals surface area contributed by atoms with Gasteiger partial charge in [0.2, 0.25) is 23.5 Å². The van der Waals surface area contributed by atoms with Crippen molar-refractivity contribution in [3.05, 3.63) is 41.9 Å². The van der Waals surface area contributed by atoms with Gasteiger partial charge in [-0.1, -0.05) is 17.3 Å². The lowest BCUT2D eigenvalue weighted by atomic mass is 10.2. The molecule has 1 aromatic carbocycles. The topological polar surface area (TPSA) is 99.1 Å². The molecule has 0 saturated heterocycles. The largest absolute Gasteiger partial charge is 0.497 e. The number of rotatable bonds is 6. The first-order valence-corrected chi connectivity index (χ1v) is 7.16. The second kappa shape index (κ2) is 6.57. The van der Waals surface area contributed by atoms with Crippen LogP contribution in [0.15, 0.2) is 33.2 Å². The van der Waals surface area contributed by atoms with E-state index in [-0.39, 0.29) is 6.04 Å². The highest BCUT2D eigenvalue weighted by Gasteiger charge is 2.16. The molecule has 0 fully saturated rings. The van der Waals surface area contributed by atoms with Crippen molar-refractivity contribution in [1.29, 1.82) is 0 Å². The highest BCUT2D eigenvalue weighted by atomic mass is 16.5. The summed E-state index contributed by atoms with van der Waals surface area (Å²) >= 11 is 0. The van der Waals surface area contributed by atoms with Gasteiger partial charge in [-0.25, -0.2) is 0 Å². The Morgan fingerprint density at radius 3 is 2.91 bits per heavy atom. The van der Waals surface area contributed by atoms with Crippen molar-refractivity contribution in [3.8, 4) is 17.1 Å². The Labute approximate surface area is 132 Å². The van der Waals surface area contributed by atoms with Crippen LogP contribution in [0.4, 0.5) is 0 Å². The maximum atomic E-state index is 5.32. The number of ether oxygens (including phenoxy) is 1. The van der Waals surface area contributed by atoms with Gasteiger partial charge in [0.15, 0.2) is 0 Å². The highest BCUT2D eigenvalue weighted by Crippen LogP contribution is 2.22. The van der Waals surface area contributed by atoms with E-state index in [2.05, 4.69) is 25.7 Å². The third-order valence-corrected chi connectivity index (χ3v) is 3.27. The highest BCUT2D eigenvalue weighted by molar-refractivity contribution is 5.56. The molecule has 1 N–H and O–H groups in total. The summed E-state index contributed by atoms with van der Waals surface area (Å²) in [6, 6.07) is 7.35. The molecular formula is C15H17N5O3. The van der Waals surface area contributed by atoms with Crippen LogP contribution in [0.5, 0.6) is 5.75 Å². The van der Waals surface area contributed by atoms with Crippen LogP contribution in [0.3, 0.4) is 0 Å². The minimum Gasteiger partial charge on any atom is -0.497 e. The van der Waals surface area contributed by atoms with E-state index in [9.17, 15) is 0 Å². The number of nitrogens with zero attached hydrogens (tertiary/aromatic N) is 4. The number of aromatic nitrogens is 4. The van der Waals surface area contributed by atoms with Crippen molar-refractivity contribution in [2.24, 2.45) is 0 Å². The van der Waals surface area contributed by atoms with Crippen LogP contribution in [0, 0.1) is 6.92 Å². The van der Waals surface area contributed by atoms with E-state index < -0.39 is 0 Å². The molecule has 3 rings (SSSR count). The maximum Gasteiger partial charge on any atom is 0.243 e. The van der Waals surface area contributed by atoms with E-state index in [4.69, 9.17) is 13.7 Å². The number of methoxy groups -OCH3 is 1. The molecule has 0 bridgehead atoms. The maximum absolute atomic E-state index is 5.32. The van der Waals surface area contributed by atoms with Crippen molar-refractivity contribution >= 4 is 0 Å². The molecule has 120 valence electrons. The molecule has 8 nitrogen and oxygen atoms in total. The minimum absolute atomic E-state index is 0.144. The number of hydrogen-bond donors (Lipinski definition) is 1. The Morgan fingerprint density at radius 1 is 1.30 bits per heavy atom. The first kappa shape index (κ1) is 15.2. The Bertz CT molecular complexity index is 783. The SMILES string of the molecule is COc1cccc(-c2noc([C@H](C)NCc3nnc(C)o3)n2)c1. The molecule has 0 spiro atoms. The normalized spacial score (nSPS) is 12.3. The van der Waals surface area contributed by atoms with Crippen LogP contribution in [0.2, 0.25) is 0 Å². The summed E-state index contributed by atoms with van der Waals surface area (Å²) in [5.74, 6) is 2.79. The van der Waals surface area contributed by atoms with Gasteiger partial charge in [0, 0.05) is 12.5 Å². The van der Waals surface area contributed by atoms with Gasteiger partial charge < -0.3 is 13.7 Å². The first-order chi connectivity index (χ1) is 11.2. The van der Waals surface area contributed by atoms with Crippen molar-refractivity contribution in [1.82, 2.24) is 25.7 Å². The van der Waals surface area contributed by atoms with Gasteiger partial charge in [-0.15, -0.1) is 10.2 Å². The van der Waals surface area contributed by atoms with Crippen LogP contribution in [-0.2, 0) is 6.54 Å². The van der Waals surface area contributed by atoms with E-state index >= 15 is 0 Å². The molecule has 2 heterocycles. The third-order valence-electron chi connectivity index (χ3n) is 3.27. The molecule has 0 saturated carbocycles. The first-order valence-electron chi connectivity index (χ1n) is 7.16. The van der Waals surface area contributed by atoms with Gasteiger partial charge in [-0.3, -0.25) is 5.32 Å². The second-order valence-electron chi connectivity index (χ2n) is 5.01. The number of benzene rings is 1. The zero-order valence-electron chi connectivity index (χ0n) is 13.1. The molecule has 23 heavy (non-hydrogen) atoms. The van der Waals surface area contributed by atoms with E-state index in [0.717, 1.165) is 11.3 Å². The van der Waals surface area contributed by atoms with Gasteiger partial charge in [-0.2, -0.15) is 4.98 Å². The van der Waals surface area contributed by atoms with Gasteiger partial charge in [0.05, 0.1) is 19.7 Å². The van der Waals surface area contributed by atoms with Crippen LogP contribution in [-0.4, -0.2) is 27.4 Å². The molecular weight excluding hydrogens is 298 g/mol. The average Bonchev–Trinajstić information content (AvgIpc) is 3.22. The second-order valence-corrected chi connectivity index (χ2v) is 5.01. The average molecular weight is 315 g/mol. The van der Waals surface area contributed by atoms with Crippen LogP contribution in [0.25, 0.3) is 11.4 Å². The van der Waals surface area contributed by atoms with Crippen molar-refractivity contribution in [3.63, 3.8) is 0 Å². The van der Waals surface area contributed by atoms with E-state index in [1.165, 1.54) is 0 Å². The summed E-state index contributed by atoms with van der Waals surface area (Å²) in [5, 5.41) is 14.9. The van der Waals surface area contributed by atoms with Crippen LogP contribution >= 0.6 is 0 Å². The molecule has 1 atom stereocenters. The quantitative estimate of drug-likeness (QED) is 0.739. The lowest BCUT2D eigenvalue weighted by Gasteiger charge is -2.06. The Morgan fingerprint density at radius 2 is 2.17 bits per heavy atom. The summed E-state index contributed by atoms with van der Waals surface area (Å²) in [5.41, 5.74) is 0.832. The predicted molar refractivity (Wildman–Crippen MR) is 80.6 cm³/mol. The summed E-state index contributed by atoms with van der Waals surface area (Å²) in [6.45, 7) is 4.10. The van der Waals surface area contributed by atoms with Crippen LogP contribution in [0.1, 0.15) is 30.6 Å². The van der Waals surface area contributed by atoms with Gasteiger partial charge in [0.1, 0.15) is 5.75 Å². The minimum atomic E-state index is -0.144. The van der Waals surface area contributed by atoms with Crippen molar-refractivity contribution in [2.75, 3.05) is 7.11 Å². The number of nitrogens with one attached hydrogen (secondary N) is 1. The summed E-state index contributed by atoms with van der Waals surface area (Å²) in [6.07, 6.45) is 0.